The minimum atomic E-state index is -0.178. The number of tetrazole rings is 1. The molecule has 1 saturated carbocycles. The van der Waals surface area contributed by atoms with Crippen molar-refractivity contribution in [3.63, 3.8) is 0 Å². The molecule has 0 spiro atoms. The van der Waals surface area contributed by atoms with Crippen LogP contribution in [0.4, 0.5) is 0 Å². The molecule has 2 atom stereocenters. The number of nitrogens with one attached hydrogen (secondary N) is 1. The summed E-state index contributed by atoms with van der Waals surface area (Å²) in [6.07, 6.45) is 6.18. The summed E-state index contributed by atoms with van der Waals surface area (Å²) in [5.74, 6) is 0.164. The highest BCUT2D eigenvalue weighted by Crippen LogP contribution is 2.32. The Balaban J connectivity index is 1.46. The zero-order chi connectivity index (χ0) is 16.4. The molecule has 1 N–H and O–H groups in total. The topological polar surface area (TPSA) is 94.3 Å². The van der Waals surface area contributed by atoms with Crippen LogP contribution in [0.2, 0.25) is 0 Å². The number of rotatable bonds is 4. The second kappa shape index (κ2) is 6.38. The van der Waals surface area contributed by atoms with Gasteiger partial charge in [0, 0.05) is 5.92 Å². The summed E-state index contributed by atoms with van der Waals surface area (Å²) in [4.78, 5) is 18.1. The van der Waals surface area contributed by atoms with Crippen molar-refractivity contribution in [2.45, 2.75) is 31.8 Å². The average Bonchev–Trinajstić information content (AvgIpc) is 3.30. The van der Waals surface area contributed by atoms with E-state index in [0.717, 1.165) is 18.6 Å². The highest BCUT2D eigenvalue weighted by atomic mass is 16.6. The van der Waals surface area contributed by atoms with Gasteiger partial charge in [-0.2, -0.15) is 4.68 Å². The Morgan fingerprint density at radius 3 is 3.04 bits per heavy atom. The lowest BCUT2D eigenvalue weighted by atomic mass is 9.84. The lowest BCUT2D eigenvalue weighted by Gasteiger charge is -2.23. The summed E-state index contributed by atoms with van der Waals surface area (Å²) in [6, 6.07) is 7.22. The van der Waals surface area contributed by atoms with E-state index in [9.17, 15) is 4.79 Å². The number of nitrogens with zero attached hydrogens (tertiary/aromatic N) is 5. The van der Waals surface area contributed by atoms with Crippen molar-refractivity contribution in [2.24, 2.45) is 11.1 Å². The van der Waals surface area contributed by atoms with Gasteiger partial charge in [0.05, 0.1) is 23.5 Å². The van der Waals surface area contributed by atoms with E-state index in [1.807, 2.05) is 12.1 Å². The molecular weight excluding hydrogens is 308 g/mol. The molecule has 2 aliphatic rings. The molecule has 1 aromatic heterocycles. The van der Waals surface area contributed by atoms with Gasteiger partial charge in [0.2, 0.25) is 0 Å². The molecule has 0 saturated heterocycles. The summed E-state index contributed by atoms with van der Waals surface area (Å²) in [7, 11) is 0. The molecule has 1 aromatic carbocycles. The second-order valence-electron chi connectivity index (χ2n) is 6.07. The van der Waals surface area contributed by atoms with Gasteiger partial charge in [-0.25, -0.2) is 0 Å². The van der Waals surface area contributed by atoms with E-state index in [0.29, 0.717) is 23.7 Å². The first-order chi connectivity index (χ1) is 11.8. The number of hydrogen-bond donors (Lipinski definition) is 1. The molecule has 0 unspecified atom stereocenters. The minimum absolute atomic E-state index is 0.178. The van der Waals surface area contributed by atoms with Crippen molar-refractivity contribution >= 4 is 11.6 Å². The Hall–Kier alpha value is -2.77. The maximum atomic E-state index is 12.6. The van der Waals surface area contributed by atoms with E-state index in [1.165, 1.54) is 23.9 Å². The van der Waals surface area contributed by atoms with Crippen LogP contribution in [0.15, 0.2) is 35.7 Å². The fraction of sp³-hybridized carbons (Fsp3) is 0.438. The van der Waals surface area contributed by atoms with Crippen LogP contribution in [-0.4, -0.2) is 44.5 Å². The van der Waals surface area contributed by atoms with E-state index >= 15 is 0 Å². The van der Waals surface area contributed by atoms with Gasteiger partial charge < -0.3 is 10.2 Å². The number of amides is 1. The van der Waals surface area contributed by atoms with Crippen molar-refractivity contribution in [3.05, 3.63) is 36.2 Å². The number of carbonyl (C=O) groups excluding carboxylic acids is 1. The standard InChI is InChI=1S/C16H18N6O2/c23-16(12-6-1-3-7-14(12)22-10-18-20-21-22)17-9-13-11-5-2-4-8-15(11)24-19-13/h1,3,6-7,10-11,15H,2,4-5,8-9H2,(H,17,23)/t11-,15-/m1/s1. The molecule has 1 aliphatic heterocycles. The monoisotopic (exact) mass is 326 g/mol. The molecule has 1 fully saturated rings. The van der Waals surface area contributed by atoms with E-state index in [4.69, 9.17) is 4.84 Å². The van der Waals surface area contributed by atoms with Crippen molar-refractivity contribution in [3.8, 4) is 5.69 Å². The third-order valence-electron chi connectivity index (χ3n) is 4.61. The van der Waals surface area contributed by atoms with Crippen LogP contribution < -0.4 is 5.32 Å². The normalized spacial score (nSPS) is 22.4. The molecule has 1 aliphatic carbocycles. The molecule has 8 nitrogen and oxygen atoms in total. The lowest BCUT2D eigenvalue weighted by Crippen LogP contribution is -2.36. The van der Waals surface area contributed by atoms with Crippen molar-refractivity contribution in [2.75, 3.05) is 6.54 Å². The quantitative estimate of drug-likeness (QED) is 0.915. The average molecular weight is 326 g/mol. The minimum Gasteiger partial charge on any atom is -0.392 e. The SMILES string of the molecule is O=C(NCC1=NO[C@@H]2CCCC[C@H]12)c1ccccc1-n1cnnn1. The Kier molecular flexibility index (Phi) is 3.94. The molecule has 124 valence electrons. The number of para-hydroxylation sites is 1. The molecule has 0 bridgehead atoms. The highest BCUT2D eigenvalue weighted by molar-refractivity contribution is 6.01. The maximum absolute atomic E-state index is 12.6. The van der Waals surface area contributed by atoms with Crippen LogP contribution in [-0.2, 0) is 4.84 Å². The Morgan fingerprint density at radius 1 is 1.29 bits per heavy atom. The van der Waals surface area contributed by atoms with Crippen LogP contribution in [0.5, 0.6) is 0 Å². The summed E-state index contributed by atoms with van der Waals surface area (Å²) < 4.78 is 1.47. The predicted molar refractivity (Wildman–Crippen MR) is 85.8 cm³/mol. The number of oxime groups is 1. The van der Waals surface area contributed by atoms with E-state index in [1.54, 1.807) is 12.1 Å². The van der Waals surface area contributed by atoms with Gasteiger partial charge in [0.15, 0.2) is 0 Å². The molecule has 2 heterocycles. The first-order valence-electron chi connectivity index (χ1n) is 8.16. The van der Waals surface area contributed by atoms with Crippen LogP contribution in [0.25, 0.3) is 5.69 Å². The smallest absolute Gasteiger partial charge is 0.253 e. The Morgan fingerprint density at radius 2 is 2.17 bits per heavy atom. The predicted octanol–water partition coefficient (Wildman–Crippen LogP) is 1.34. The molecule has 24 heavy (non-hydrogen) atoms. The summed E-state index contributed by atoms with van der Waals surface area (Å²) >= 11 is 0. The molecule has 1 amide bonds. The van der Waals surface area contributed by atoms with Gasteiger partial charge in [0.25, 0.3) is 5.91 Å². The molecule has 8 heteroatoms. The van der Waals surface area contributed by atoms with Crippen LogP contribution in [0.1, 0.15) is 36.0 Å². The molecular formula is C16H18N6O2. The lowest BCUT2D eigenvalue weighted by molar-refractivity contribution is 0.0397. The van der Waals surface area contributed by atoms with Gasteiger partial charge in [-0.3, -0.25) is 4.79 Å². The van der Waals surface area contributed by atoms with E-state index < -0.39 is 0 Å². The largest absolute Gasteiger partial charge is 0.392 e. The van der Waals surface area contributed by atoms with Gasteiger partial charge in [-0.05, 0) is 41.8 Å². The second-order valence-corrected chi connectivity index (χ2v) is 6.07. The fourth-order valence-corrected chi connectivity index (χ4v) is 3.37. The van der Waals surface area contributed by atoms with Gasteiger partial charge in [0.1, 0.15) is 12.4 Å². The van der Waals surface area contributed by atoms with Crippen LogP contribution in [0, 0.1) is 5.92 Å². The van der Waals surface area contributed by atoms with Crippen LogP contribution in [0.3, 0.4) is 0 Å². The summed E-state index contributed by atoms with van der Waals surface area (Å²) in [6.45, 7) is 0.407. The number of aromatic nitrogens is 4. The van der Waals surface area contributed by atoms with Crippen LogP contribution >= 0.6 is 0 Å². The summed E-state index contributed by atoms with van der Waals surface area (Å²) in [5, 5.41) is 18.2. The van der Waals surface area contributed by atoms with Gasteiger partial charge in [-0.15, -0.1) is 5.10 Å². The number of carbonyl (C=O) groups is 1. The highest BCUT2D eigenvalue weighted by Gasteiger charge is 2.35. The van der Waals surface area contributed by atoms with Gasteiger partial charge in [-0.1, -0.05) is 23.7 Å². The van der Waals surface area contributed by atoms with E-state index in [2.05, 4.69) is 26.0 Å². The zero-order valence-electron chi connectivity index (χ0n) is 13.1. The summed E-state index contributed by atoms with van der Waals surface area (Å²) in [5.41, 5.74) is 2.10. The van der Waals surface area contributed by atoms with E-state index in [-0.39, 0.29) is 12.0 Å². The zero-order valence-corrected chi connectivity index (χ0v) is 13.1. The Labute approximate surface area is 138 Å². The first-order valence-corrected chi connectivity index (χ1v) is 8.16. The number of benzene rings is 1. The number of fused-ring (bicyclic) bond motifs is 1. The molecule has 2 aromatic rings. The Bertz CT molecular complexity index is 758. The number of hydrogen-bond acceptors (Lipinski definition) is 6. The first kappa shape index (κ1) is 14.8. The van der Waals surface area contributed by atoms with Crippen molar-refractivity contribution in [1.29, 1.82) is 0 Å². The van der Waals surface area contributed by atoms with Crippen molar-refractivity contribution in [1.82, 2.24) is 25.5 Å². The van der Waals surface area contributed by atoms with Crippen molar-refractivity contribution < 1.29 is 9.63 Å². The van der Waals surface area contributed by atoms with Gasteiger partial charge >= 0.3 is 0 Å². The molecule has 4 rings (SSSR count). The molecule has 0 radical (unpaired) electrons. The third kappa shape index (κ3) is 2.75. The third-order valence-corrected chi connectivity index (χ3v) is 4.61. The fourth-order valence-electron chi connectivity index (χ4n) is 3.37. The maximum Gasteiger partial charge on any atom is 0.253 e.